The second-order valence-electron chi connectivity index (χ2n) is 13.5. The van der Waals surface area contributed by atoms with Gasteiger partial charge in [-0.05, 0) is 104 Å². The van der Waals surface area contributed by atoms with Gasteiger partial charge in [-0.2, -0.15) is 8.42 Å². The van der Waals surface area contributed by atoms with Crippen LogP contribution >= 0.6 is 0 Å². The van der Waals surface area contributed by atoms with E-state index in [1.54, 1.807) is 30.1 Å². The summed E-state index contributed by atoms with van der Waals surface area (Å²) >= 11 is 0. The molecular weight excluding hydrogens is 703 g/mol. The molecule has 3 fully saturated rings. The summed E-state index contributed by atoms with van der Waals surface area (Å²) in [6.45, 7) is 0.720. The van der Waals surface area contributed by atoms with Crippen molar-refractivity contribution >= 4 is 58.9 Å². The van der Waals surface area contributed by atoms with Crippen LogP contribution in [0.4, 0.5) is 11.4 Å². The maximum atomic E-state index is 14.4. The molecule has 1 spiro atoms. The van der Waals surface area contributed by atoms with E-state index < -0.39 is 53.2 Å². The van der Waals surface area contributed by atoms with Gasteiger partial charge in [-0.25, -0.2) is 16.8 Å². The van der Waals surface area contributed by atoms with Gasteiger partial charge in [0.2, 0.25) is 5.91 Å². The molecule has 3 aromatic rings. The molecule has 50 heavy (non-hydrogen) atoms. The topological polar surface area (TPSA) is 193 Å². The van der Waals surface area contributed by atoms with Crippen LogP contribution in [0.5, 0.6) is 0 Å². The van der Waals surface area contributed by atoms with Crippen LogP contribution in [-0.4, -0.2) is 78.9 Å². The number of amides is 2. The number of anilines is 2. The quantitative estimate of drug-likeness (QED) is 0.349. The third kappa shape index (κ3) is 6.06. The number of rotatable bonds is 8. The monoisotopic (exact) mass is 739 g/mol. The minimum Gasteiger partial charge on any atom is -0.366 e. The second kappa shape index (κ2) is 12.2. The highest BCUT2D eigenvalue weighted by Gasteiger charge is 2.60. The van der Waals surface area contributed by atoms with Crippen molar-refractivity contribution in [3.8, 4) is 0 Å². The van der Waals surface area contributed by atoms with E-state index in [0.29, 0.717) is 23.5 Å². The molecule has 1 atom stereocenters. The summed E-state index contributed by atoms with van der Waals surface area (Å²) in [7, 11) is -9.79. The molecule has 2 amide bonds. The molecule has 16 heteroatoms. The molecule has 2 saturated heterocycles. The minimum atomic E-state index is -4.20. The van der Waals surface area contributed by atoms with Crippen LogP contribution in [0, 0.1) is 5.92 Å². The van der Waals surface area contributed by atoms with E-state index in [1.807, 2.05) is 0 Å². The number of sulfonamides is 2. The molecule has 1 aliphatic carbocycles. The zero-order valence-corrected chi connectivity index (χ0v) is 29.7. The van der Waals surface area contributed by atoms with Gasteiger partial charge < -0.3 is 16.0 Å². The standard InChI is InChI=1S/C34H37N5O8S3/c1-38-17-3-6-30(38)37-49(44,45)27-5-2-4-25(21-27)36-33(41)24-11-14-29-28(20-24)34(15-18-48(42,43)19-16-34)31(22-7-8-22)39(29)50(46,47)26-12-9-23(10-13-26)32(35)40/h2,4-5,9-14,20-22,31H,3,6-8,15-19H2,1H3,(H2,35,40)(H,36,41)/b37-30-. The summed E-state index contributed by atoms with van der Waals surface area (Å²) in [4.78, 5) is 27.1. The van der Waals surface area contributed by atoms with E-state index in [9.17, 15) is 34.8 Å². The molecule has 4 aliphatic rings. The molecule has 0 radical (unpaired) electrons. The summed E-state index contributed by atoms with van der Waals surface area (Å²) in [6.07, 6.45) is 3.30. The normalized spacial score (nSPS) is 22.1. The van der Waals surface area contributed by atoms with Gasteiger partial charge in [0.1, 0.15) is 15.7 Å². The average molecular weight is 740 g/mol. The predicted molar refractivity (Wildman–Crippen MR) is 188 cm³/mol. The van der Waals surface area contributed by atoms with Crippen molar-refractivity contribution in [2.45, 2.75) is 59.8 Å². The average Bonchev–Trinajstić information content (AvgIpc) is 3.78. The van der Waals surface area contributed by atoms with Gasteiger partial charge in [-0.15, -0.1) is 4.40 Å². The second-order valence-corrected chi connectivity index (χ2v) is 19.2. The molecule has 0 bridgehead atoms. The zero-order chi connectivity index (χ0) is 35.6. The van der Waals surface area contributed by atoms with Crippen LogP contribution in [-0.2, 0) is 35.3 Å². The third-order valence-corrected chi connectivity index (χ3v) is 15.0. The van der Waals surface area contributed by atoms with Crippen LogP contribution in [0.3, 0.4) is 0 Å². The number of hydrogen-bond acceptors (Lipinski definition) is 8. The molecule has 1 unspecified atom stereocenters. The molecule has 0 aromatic heterocycles. The van der Waals surface area contributed by atoms with Gasteiger partial charge in [-0.1, -0.05) is 6.07 Å². The van der Waals surface area contributed by atoms with Gasteiger partial charge in [0.05, 0.1) is 33.0 Å². The Balaban J connectivity index is 1.26. The van der Waals surface area contributed by atoms with E-state index in [4.69, 9.17) is 5.73 Å². The molecule has 264 valence electrons. The lowest BCUT2D eigenvalue weighted by atomic mass is 9.70. The summed E-state index contributed by atoms with van der Waals surface area (Å²) in [5, 5.41) is 2.77. The highest BCUT2D eigenvalue weighted by molar-refractivity contribution is 7.93. The molecule has 3 aliphatic heterocycles. The number of fused-ring (bicyclic) bond motifs is 2. The third-order valence-electron chi connectivity index (χ3n) is 10.3. The van der Waals surface area contributed by atoms with Crippen molar-refractivity contribution in [1.29, 1.82) is 0 Å². The largest absolute Gasteiger partial charge is 0.366 e. The van der Waals surface area contributed by atoms with Crippen molar-refractivity contribution in [2.75, 3.05) is 34.7 Å². The first-order valence-electron chi connectivity index (χ1n) is 16.4. The number of amidine groups is 1. The van der Waals surface area contributed by atoms with E-state index >= 15 is 0 Å². The first-order valence-corrected chi connectivity index (χ1v) is 21.1. The fraction of sp³-hybridized carbons (Fsp3) is 0.382. The lowest BCUT2D eigenvalue weighted by Crippen LogP contribution is -2.52. The fourth-order valence-corrected chi connectivity index (χ4v) is 12.0. The van der Waals surface area contributed by atoms with Crippen LogP contribution in [0.1, 0.15) is 64.8 Å². The minimum absolute atomic E-state index is 0.0163. The zero-order valence-electron chi connectivity index (χ0n) is 27.3. The Hall–Kier alpha value is -4.28. The first kappa shape index (κ1) is 34.2. The molecular formula is C34H37N5O8S3. The molecule has 3 N–H and O–H groups in total. The molecule has 3 heterocycles. The number of carbonyl (C=O) groups is 2. The van der Waals surface area contributed by atoms with Crippen molar-refractivity contribution in [3.63, 3.8) is 0 Å². The number of primary amides is 1. The summed E-state index contributed by atoms with van der Waals surface area (Å²) in [5.41, 5.74) is 6.07. The Labute approximate surface area is 291 Å². The van der Waals surface area contributed by atoms with Gasteiger partial charge in [0.15, 0.2) is 0 Å². The molecule has 13 nitrogen and oxygen atoms in total. The first-order chi connectivity index (χ1) is 23.6. The number of hydrogen-bond donors (Lipinski definition) is 2. The van der Waals surface area contributed by atoms with E-state index in [1.165, 1.54) is 52.8 Å². The number of nitrogens with zero attached hydrogens (tertiary/aromatic N) is 3. The Morgan fingerprint density at radius 3 is 2.22 bits per heavy atom. The maximum absolute atomic E-state index is 14.4. The van der Waals surface area contributed by atoms with Crippen molar-refractivity contribution < 1.29 is 34.8 Å². The van der Waals surface area contributed by atoms with Crippen LogP contribution < -0.4 is 15.4 Å². The fourth-order valence-electron chi connectivity index (χ4n) is 7.55. The number of sulfone groups is 1. The molecule has 1 saturated carbocycles. The highest BCUT2D eigenvalue weighted by Crippen LogP contribution is 2.59. The number of likely N-dealkylation sites (tertiary alicyclic amines) is 1. The van der Waals surface area contributed by atoms with E-state index in [0.717, 1.165) is 25.8 Å². The number of benzene rings is 3. The lowest BCUT2D eigenvalue weighted by molar-refractivity contribution is 0.0997. The lowest BCUT2D eigenvalue weighted by Gasteiger charge is -2.41. The summed E-state index contributed by atoms with van der Waals surface area (Å²) < 4.78 is 85.8. The maximum Gasteiger partial charge on any atom is 0.284 e. The Morgan fingerprint density at radius 1 is 0.920 bits per heavy atom. The molecule has 3 aromatic carbocycles. The van der Waals surface area contributed by atoms with Crippen LogP contribution in [0.15, 0.2) is 80.9 Å². The van der Waals surface area contributed by atoms with Gasteiger partial charge in [0, 0.05) is 42.2 Å². The van der Waals surface area contributed by atoms with E-state index in [2.05, 4.69) is 9.71 Å². The highest BCUT2D eigenvalue weighted by atomic mass is 32.2. The number of carbonyl (C=O) groups excluding carboxylic acids is 2. The summed E-state index contributed by atoms with van der Waals surface area (Å²) in [6, 6.07) is 15.4. The van der Waals surface area contributed by atoms with E-state index in [-0.39, 0.29) is 56.9 Å². The van der Waals surface area contributed by atoms with Gasteiger partial charge in [-0.3, -0.25) is 13.9 Å². The van der Waals surface area contributed by atoms with Gasteiger partial charge in [0.25, 0.3) is 26.0 Å². The Kier molecular flexibility index (Phi) is 8.34. The number of nitrogens with two attached hydrogens (primary N) is 1. The predicted octanol–water partition coefficient (Wildman–Crippen LogP) is 3.28. The molecule has 7 rings (SSSR count). The number of nitrogens with one attached hydrogen (secondary N) is 1. The van der Waals surface area contributed by atoms with Crippen molar-refractivity contribution in [3.05, 3.63) is 83.4 Å². The van der Waals surface area contributed by atoms with Gasteiger partial charge >= 0.3 is 0 Å². The smallest absolute Gasteiger partial charge is 0.284 e. The Bertz CT molecular complexity index is 2250. The summed E-state index contributed by atoms with van der Waals surface area (Å²) in [5.74, 6) is -1.01. The van der Waals surface area contributed by atoms with Crippen molar-refractivity contribution in [1.82, 2.24) is 4.90 Å². The van der Waals surface area contributed by atoms with Crippen molar-refractivity contribution in [2.24, 2.45) is 16.0 Å². The van der Waals surface area contributed by atoms with Crippen LogP contribution in [0.2, 0.25) is 0 Å². The SMILES string of the molecule is CN1CCC/C1=N/S(=O)(=O)c1cccc(NC(=O)c2ccc3c(c2)C2(CCS(=O)(=O)CC2)C(C2CC2)N3S(=O)(=O)c2ccc(C(N)=O)cc2)c1. The Morgan fingerprint density at radius 2 is 1.60 bits per heavy atom. The van der Waals surface area contributed by atoms with Crippen LogP contribution in [0.25, 0.3) is 0 Å².